The van der Waals surface area contributed by atoms with Crippen LogP contribution in [0, 0.1) is 0 Å². The number of imidazole rings is 1. The Balaban J connectivity index is 2.00. The van der Waals surface area contributed by atoms with E-state index in [4.69, 9.17) is 0 Å². The first kappa shape index (κ1) is 12.7. The minimum absolute atomic E-state index is 0.00776. The Hall–Kier alpha value is -1.98. The van der Waals surface area contributed by atoms with E-state index < -0.39 is 0 Å². The maximum atomic E-state index is 12.6. The highest BCUT2D eigenvalue weighted by molar-refractivity contribution is 9.10. The molecule has 0 saturated heterocycles. The molecule has 4 aromatic rings. The first-order chi connectivity index (χ1) is 10.2. The molecule has 0 spiro atoms. The predicted octanol–water partition coefficient (Wildman–Crippen LogP) is 3.22. The molecule has 3 nitrogen and oxygen atoms in total. The second-order valence-electron chi connectivity index (χ2n) is 4.69. The smallest absolute Gasteiger partial charge is 0.267 e. The van der Waals surface area contributed by atoms with Gasteiger partial charge in [-0.15, -0.1) is 0 Å². The van der Waals surface area contributed by atoms with Gasteiger partial charge in [-0.25, -0.2) is 9.38 Å². The Morgan fingerprint density at radius 3 is 2.67 bits per heavy atom. The van der Waals surface area contributed by atoms with Crippen molar-refractivity contribution >= 4 is 49.3 Å². The third-order valence-electron chi connectivity index (χ3n) is 3.31. The molecule has 0 unspecified atom stereocenters. The van der Waals surface area contributed by atoms with E-state index in [2.05, 4.69) is 20.9 Å². The van der Waals surface area contributed by atoms with Gasteiger partial charge in [0.05, 0.1) is 15.6 Å². The Labute approximate surface area is 132 Å². The SMILES string of the molecule is O=c1/c(=C\c2ccc(Br)cc2)sc2nc3ccccc3n12. The van der Waals surface area contributed by atoms with Crippen LogP contribution in [0.2, 0.25) is 0 Å². The van der Waals surface area contributed by atoms with E-state index in [1.165, 1.54) is 11.3 Å². The second-order valence-corrected chi connectivity index (χ2v) is 6.61. The molecule has 0 atom stereocenters. The average Bonchev–Trinajstić information content (AvgIpc) is 2.99. The van der Waals surface area contributed by atoms with Gasteiger partial charge in [-0.1, -0.05) is 51.5 Å². The second kappa shape index (κ2) is 4.79. The molecule has 0 radical (unpaired) electrons. The summed E-state index contributed by atoms with van der Waals surface area (Å²) in [5.41, 5.74) is 2.72. The van der Waals surface area contributed by atoms with Crippen LogP contribution in [0.25, 0.3) is 22.1 Å². The third-order valence-corrected chi connectivity index (χ3v) is 4.81. The van der Waals surface area contributed by atoms with Crippen LogP contribution in [0.1, 0.15) is 5.56 Å². The summed E-state index contributed by atoms with van der Waals surface area (Å²) in [4.78, 5) is 17.8. The number of para-hydroxylation sites is 2. The molecule has 5 heteroatoms. The third kappa shape index (κ3) is 2.09. The monoisotopic (exact) mass is 356 g/mol. The number of rotatable bonds is 1. The lowest BCUT2D eigenvalue weighted by atomic mass is 10.2. The molecule has 0 N–H and O–H groups in total. The number of halogens is 1. The zero-order chi connectivity index (χ0) is 14.4. The summed E-state index contributed by atoms with van der Waals surface area (Å²) in [6.45, 7) is 0. The normalized spacial score (nSPS) is 12.5. The van der Waals surface area contributed by atoms with Crippen molar-refractivity contribution in [2.75, 3.05) is 0 Å². The molecule has 0 bridgehead atoms. The first-order valence-electron chi connectivity index (χ1n) is 6.40. The molecule has 0 fully saturated rings. The molecule has 0 aliphatic carbocycles. The molecule has 0 saturated carbocycles. The Morgan fingerprint density at radius 1 is 1.10 bits per heavy atom. The van der Waals surface area contributed by atoms with Crippen molar-refractivity contribution in [3.05, 3.63) is 73.5 Å². The molecule has 4 rings (SSSR count). The van der Waals surface area contributed by atoms with E-state index >= 15 is 0 Å². The summed E-state index contributed by atoms with van der Waals surface area (Å²) < 4.78 is 3.41. The van der Waals surface area contributed by atoms with Gasteiger partial charge in [0, 0.05) is 4.47 Å². The van der Waals surface area contributed by atoms with Crippen LogP contribution in [0.4, 0.5) is 0 Å². The number of hydrogen-bond donors (Lipinski definition) is 0. The van der Waals surface area contributed by atoms with Crippen molar-refractivity contribution in [3.63, 3.8) is 0 Å². The van der Waals surface area contributed by atoms with Gasteiger partial charge in [0.15, 0.2) is 4.96 Å². The van der Waals surface area contributed by atoms with E-state index in [9.17, 15) is 4.79 Å². The highest BCUT2D eigenvalue weighted by atomic mass is 79.9. The summed E-state index contributed by atoms with van der Waals surface area (Å²) in [5.74, 6) is 0. The van der Waals surface area contributed by atoms with E-state index in [1.807, 2.05) is 54.6 Å². The Bertz CT molecular complexity index is 1060. The molecule has 0 aliphatic rings. The summed E-state index contributed by atoms with van der Waals surface area (Å²) in [7, 11) is 0. The van der Waals surface area contributed by atoms with Gasteiger partial charge in [-0.3, -0.25) is 4.79 Å². The fraction of sp³-hybridized carbons (Fsp3) is 0. The molecule has 0 aliphatic heterocycles. The van der Waals surface area contributed by atoms with Crippen LogP contribution < -0.4 is 10.1 Å². The summed E-state index contributed by atoms with van der Waals surface area (Å²) in [5, 5.41) is 0. The standard InChI is InChI=1S/C16H9BrN2OS/c17-11-7-5-10(6-8-11)9-14-15(20)19-13-4-2-1-3-12(13)18-16(19)21-14/h1-9H/b14-9+. The molecule has 2 heterocycles. The number of fused-ring (bicyclic) bond motifs is 3. The number of nitrogens with zero attached hydrogens (tertiary/aromatic N) is 2. The van der Waals surface area contributed by atoms with Crippen LogP contribution in [0.5, 0.6) is 0 Å². The van der Waals surface area contributed by atoms with Crippen molar-refractivity contribution in [3.8, 4) is 0 Å². The molecule has 2 aromatic carbocycles. The minimum Gasteiger partial charge on any atom is -0.267 e. The minimum atomic E-state index is -0.00776. The topological polar surface area (TPSA) is 34.4 Å². The summed E-state index contributed by atoms with van der Waals surface area (Å²) >= 11 is 4.83. The highest BCUT2D eigenvalue weighted by Crippen LogP contribution is 2.16. The maximum Gasteiger partial charge on any atom is 0.274 e. The van der Waals surface area contributed by atoms with Gasteiger partial charge in [-0.05, 0) is 35.9 Å². The number of hydrogen-bond acceptors (Lipinski definition) is 3. The van der Waals surface area contributed by atoms with Gasteiger partial charge in [0.2, 0.25) is 0 Å². The van der Waals surface area contributed by atoms with E-state index in [-0.39, 0.29) is 5.56 Å². The molecule has 21 heavy (non-hydrogen) atoms. The van der Waals surface area contributed by atoms with Gasteiger partial charge in [0.1, 0.15) is 0 Å². The Kier molecular flexibility index (Phi) is 2.90. The van der Waals surface area contributed by atoms with Crippen LogP contribution in [0.3, 0.4) is 0 Å². The fourth-order valence-electron chi connectivity index (χ4n) is 2.32. The van der Waals surface area contributed by atoms with Gasteiger partial charge in [0.25, 0.3) is 5.56 Å². The lowest BCUT2D eigenvalue weighted by molar-refractivity contribution is 1.19. The molecule has 2 aromatic heterocycles. The van der Waals surface area contributed by atoms with Gasteiger partial charge < -0.3 is 0 Å². The van der Waals surface area contributed by atoms with Gasteiger partial charge >= 0.3 is 0 Å². The Morgan fingerprint density at radius 2 is 1.86 bits per heavy atom. The molecule has 102 valence electrons. The van der Waals surface area contributed by atoms with Crippen LogP contribution in [0.15, 0.2) is 57.8 Å². The van der Waals surface area contributed by atoms with Crippen LogP contribution in [-0.4, -0.2) is 9.38 Å². The van der Waals surface area contributed by atoms with E-state index in [0.717, 1.165) is 26.0 Å². The van der Waals surface area contributed by atoms with E-state index in [1.54, 1.807) is 4.40 Å². The van der Waals surface area contributed by atoms with Crippen molar-refractivity contribution in [2.45, 2.75) is 0 Å². The van der Waals surface area contributed by atoms with Gasteiger partial charge in [-0.2, -0.15) is 0 Å². The fourth-order valence-corrected chi connectivity index (χ4v) is 3.57. The van der Waals surface area contributed by atoms with Crippen molar-refractivity contribution < 1.29 is 0 Å². The molecule has 0 amide bonds. The average molecular weight is 357 g/mol. The zero-order valence-electron chi connectivity index (χ0n) is 10.8. The van der Waals surface area contributed by atoms with Crippen LogP contribution in [-0.2, 0) is 0 Å². The quantitative estimate of drug-likeness (QED) is 0.524. The van der Waals surface area contributed by atoms with Crippen molar-refractivity contribution in [1.82, 2.24) is 9.38 Å². The largest absolute Gasteiger partial charge is 0.274 e. The number of thiazole rings is 1. The first-order valence-corrected chi connectivity index (χ1v) is 8.00. The predicted molar refractivity (Wildman–Crippen MR) is 89.8 cm³/mol. The number of benzene rings is 2. The lowest BCUT2D eigenvalue weighted by Crippen LogP contribution is -2.22. The lowest BCUT2D eigenvalue weighted by Gasteiger charge is -1.91. The molecular weight excluding hydrogens is 348 g/mol. The molecular formula is C16H9BrN2OS. The summed E-state index contributed by atoms with van der Waals surface area (Å²) in [6, 6.07) is 15.6. The summed E-state index contributed by atoms with van der Waals surface area (Å²) in [6.07, 6.45) is 1.91. The van der Waals surface area contributed by atoms with E-state index in [0.29, 0.717) is 4.53 Å². The van der Waals surface area contributed by atoms with Crippen LogP contribution >= 0.6 is 27.3 Å². The van der Waals surface area contributed by atoms with Crippen molar-refractivity contribution in [1.29, 1.82) is 0 Å². The highest BCUT2D eigenvalue weighted by Gasteiger charge is 2.10. The number of aromatic nitrogens is 2. The van der Waals surface area contributed by atoms with Crippen molar-refractivity contribution in [2.24, 2.45) is 0 Å². The zero-order valence-corrected chi connectivity index (χ0v) is 13.2. The maximum absolute atomic E-state index is 12.6.